The molecule has 0 aliphatic carbocycles. The highest BCUT2D eigenvalue weighted by Crippen LogP contribution is 2.05. The monoisotopic (exact) mass is 278 g/mol. The van der Waals surface area contributed by atoms with Crippen LogP contribution < -0.4 is 10.6 Å². The van der Waals surface area contributed by atoms with Gasteiger partial charge in [0.1, 0.15) is 0 Å². The van der Waals surface area contributed by atoms with Crippen molar-refractivity contribution in [3.8, 4) is 0 Å². The van der Waals surface area contributed by atoms with Gasteiger partial charge in [0.25, 0.3) is 0 Å². The molecule has 0 atom stereocenters. The van der Waals surface area contributed by atoms with Gasteiger partial charge in [0.05, 0.1) is 5.60 Å². The molecule has 20 heavy (non-hydrogen) atoms. The first-order chi connectivity index (χ1) is 9.48. The van der Waals surface area contributed by atoms with Gasteiger partial charge in [-0.2, -0.15) is 0 Å². The molecule has 0 aliphatic rings. The molecule has 2 N–H and O–H groups in total. The van der Waals surface area contributed by atoms with E-state index in [1.165, 1.54) is 11.1 Å². The molecule has 0 saturated heterocycles. The molecule has 0 fully saturated rings. The maximum Gasteiger partial charge on any atom is 0.191 e. The lowest BCUT2D eigenvalue weighted by Crippen LogP contribution is -2.45. The molecule has 0 radical (unpaired) electrons. The van der Waals surface area contributed by atoms with Crippen LogP contribution in [0, 0.1) is 6.92 Å². The third-order valence-corrected chi connectivity index (χ3v) is 3.28. The summed E-state index contributed by atoms with van der Waals surface area (Å²) in [5, 5.41) is 6.57. The zero-order chi connectivity index (χ0) is 15.0. The number of nitrogens with zero attached hydrogens (tertiary/aromatic N) is 2. The summed E-state index contributed by atoms with van der Waals surface area (Å²) >= 11 is 0. The Balaban J connectivity index is 2.38. The van der Waals surface area contributed by atoms with Crippen molar-refractivity contribution in [2.24, 2.45) is 4.99 Å². The number of rotatable bonds is 6. The fourth-order valence-corrected chi connectivity index (χ4v) is 1.69. The number of hydrogen-bond donors (Lipinski definition) is 2. The summed E-state index contributed by atoms with van der Waals surface area (Å²) in [4.78, 5) is 8.31. The molecular weight excluding hydrogens is 252 g/mol. The summed E-state index contributed by atoms with van der Waals surface area (Å²) in [5.41, 5.74) is 2.32. The Bertz CT molecular complexity index is 443. The number of ether oxygens (including phenoxy) is 1. The lowest BCUT2D eigenvalue weighted by molar-refractivity contribution is 0.0268. The predicted octanol–water partition coefficient (Wildman–Crippen LogP) is 1.52. The first-order valence-electron chi connectivity index (χ1n) is 6.87. The molecule has 0 aromatic carbocycles. The lowest BCUT2D eigenvalue weighted by Gasteiger charge is -2.24. The number of nitrogens with one attached hydrogen (secondary N) is 2. The molecule has 1 rings (SSSR count). The van der Waals surface area contributed by atoms with Crippen molar-refractivity contribution >= 4 is 5.96 Å². The van der Waals surface area contributed by atoms with Gasteiger partial charge in [-0.25, -0.2) is 0 Å². The van der Waals surface area contributed by atoms with Gasteiger partial charge in [0.2, 0.25) is 0 Å². The summed E-state index contributed by atoms with van der Waals surface area (Å²) in [6, 6.07) is 2.06. The third-order valence-electron chi connectivity index (χ3n) is 3.28. The van der Waals surface area contributed by atoms with Crippen LogP contribution in [0.15, 0.2) is 23.5 Å². The highest BCUT2D eigenvalue weighted by atomic mass is 16.5. The average Bonchev–Trinajstić information content (AvgIpc) is 2.44. The van der Waals surface area contributed by atoms with Crippen LogP contribution in [0.4, 0.5) is 0 Å². The largest absolute Gasteiger partial charge is 0.377 e. The highest BCUT2D eigenvalue weighted by Gasteiger charge is 2.16. The average molecular weight is 278 g/mol. The second kappa shape index (κ2) is 7.85. The normalized spacial score (nSPS) is 12.3. The Labute approximate surface area is 121 Å². The van der Waals surface area contributed by atoms with E-state index in [-0.39, 0.29) is 5.60 Å². The number of aromatic nitrogens is 1. The van der Waals surface area contributed by atoms with Crippen LogP contribution in [0.2, 0.25) is 0 Å². The molecule has 0 bridgehead atoms. The second-order valence-corrected chi connectivity index (χ2v) is 5.37. The van der Waals surface area contributed by atoms with E-state index in [9.17, 15) is 0 Å². The van der Waals surface area contributed by atoms with Gasteiger partial charge >= 0.3 is 0 Å². The molecule has 112 valence electrons. The first-order valence-corrected chi connectivity index (χ1v) is 6.87. The predicted molar refractivity (Wildman–Crippen MR) is 83.1 cm³/mol. The number of aryl methyl sites for hydroxylation is 1. The van der Waals surface area contributed by atoms with Crippen molar-refractivity contribution in [3.63, 3.8) is 0 Å². The van der Waals surface area contributed by atoms with Crippen LogP contribution in [0.1, 0.15) is 25.0 Å². The standard InChI is InChI=1S/C15H26N4O/c1-12-10-17-8-6-13(12)7-9-18-14(16-4)19-11-15(2,3)20-5/h6,8,10H,7,9,11H2,1-5H3,(H2,16,18,19). The van der Waals surface area contributed by atoms with E-state index in [0.29, 0.717) is 6.54 Å². The Morgan fingerprint density at radius 2 is 2.15 bits per heavy atom. The Hall–Kier alpha value is -1.62. The Kier molecular flexibility index (Phi) is 6.45. The molecule has 5 nitrogen and oxygen atoms in total. The van der Waals surface area contributed by atoms with Gasteiger partial charge in [-0.15, -0.1) is 0 Å². The maximum absolute atomic E-state index is 5.37. The van der Waals surface area contributed by atoms with Crippen molar-refractivity contribution < 1.29 is 4.74 Å². The third kappa shape index (κ3) is 5.57. The Morgan fingerprint density at radius 1 is 1.40 bits per heavy atom. The zero-order valence-corrected chi connectivity index (χ0v) is 13.2. The van der Waals surface area contributed by atoms with Crippen molar-refractivity contribution in [1.82, 2.24) is 15.6 Å². The van der Waals surface area contributed by atoms with Gasteiger partial charge in [-0.1, -0.05) is 0 Å². The quantitative estimate of drug-likeness (QED) is 0.612. The molecule has 0 amide bonds. The van der Waals surface area contributed by atoms with Crippen molar-refractivity contribution in [2.45, 2.75) is 32.8 Å². The van der Waals surface area contributed by atoms with E-state index in [1.54, 1.807) is 14.2 Å². The van der Waals surface area contributed by atoms with Gasteiger partial charge in [0, 0.05) is 39.6 Å². The minimum absolute atomic E-state index is 0.209. The molecule has 1 aromatic heterocycles. The van der Waals surface area contributed by atoms with Crippen molar-refractivity contribution in [2.75, 3.05) is 27.2 Å². The van der Waals surface area contributed by atoms with E-state index in [1.807, 2.05) is 26.2 Å². The van der Waals surface area contributed by atoms with Gasteiger partial charge in [0.15, 0.2) is 5.96 Å². The second-order valence-electron chi connectivity index (χ2n) is 5.37. The summed E-state index contributed by atoms with van der Waals surface area (Å²) < 4.78 is 5.37. The molecule has 0 spiro atoms. The van der Waals surface area contributed by atoms with Crippen molar-refractivity contribution in [1.29, 1.82) is 0 Å². The van der Waals surface area contributed by atoms with E-state index in [4.69, 9.17) is 4.74 Å². The van der Waals surface area contributed by atoms with E-state index < -0.39 is 0 Å². The summed E-state index contributed by atoms with van der Waals surface area (Å²) in [5.74, 6) is 0.793. The molecule has 0 aliphatic heterocycles. The van der Waals surface area contributed by atoms with Crippen LogP contribution in [0.3, 0.4) is 0 Å². The SMILES string of the molecule is CN=C(NCCc1ccncc1C)NCC(C)(C)OC. The molecular formula is C15H26N4O. The van der Waals surface area contributed by atoms with Crippen LogP contribution in [-0.2, 0) is 11.2 Å². The van der Waals surface area contributed by atoms with Gasteiger partial charge < -0.3 is 15.4 Å². The van der Waals surface area contributed by atoms with Crippen molar-refractivity contribution in [3.05, 3.63) is 29.6 Å². The fourth-order valence-electron chi connectivity index (χ4n) is 1.69. The molecule has 1 aromatic rings. The molecule has 5 heteroatoms. The first kappa shape index (κ1) is 16.4. The molecule has 0 unspecified atom stereocenters. The fraction of sp³-hybridized carbons (Fsp3) is 0.600. The zero-order valence-electron chi connectivity index (χ0n) is 13.2. The van der Waals surface area contributed by atoms with Gasteiger partial charge in [-0.3, -0.25) is 9.98 Å². The highest BCUT2D eigenvalue weighted by molar-refractivity contribution is 5.79. The lowest BCUT2D eigenvalue weighted by atomic mass is 10.1. The van der Waals surface area contributed by atoms with Crippen LogP contribution in [0.25, 0.3) is 0 Å². The summed E-state index contributed by atoms with van der Waals surface area (Å²) in [6.45, 7) is 7.69. The molecule has 0 saturated carbocycles. The van der Waals surface area contributed by atoms with Crippen LogP contribution >= 0.6 is 0 Å². The number of methoxy groups -OCH3 is 1. The van der Waals surface area contributed by atoms with E-state index >= 15 is 0 Å². The van der Waals surface area contributed by atoms with Crippen LogP contribution in [-0.4, -0.2) is 43.8 Å². The minimum Gasteiger partial charge on any atom is -0.377 e. The van der Waals surface area contributed by atoms with Gasteiger partial charge in [-0.05, 0) is 44.4 Å². The van der Waals surface area contributed by atoms with Crippen LogP contribution in [0.5, 0.6) is 0 Å². The van der Waals surface area contributed by atoms with E-state index in [2.05, 4.69) is 33.6 Å². The Morgan fingerprint density at radius 3 is 2.75 bits per heavy atom. The topological polar surface area (TPSA) is 58.5 Å². The van der Waals surface area contributed by atoms with E-state index in [0.717, 1.165) is 18.9 Å². The maximum atomic E-state index is 5.37. The minimum atomic E-state index is -0.209. The number of aliphatic imine (C=N–C) groups is 1. The summed E-state index contributed by atoms with van der Waals surface area (Å²) in [6.07, 6.45) is 4.67. The molecule has 1 heterocycles. The number of guanidine groups is 1. The smallest absolute Gasteiger partial charge is 0.191 e. The summed E-state index contributed by atoms with van der Waals surface area (Å²) in [7, 11) is 3.48. The number of pyridine rings is 1. The number of hydrogen-bond acceptors (Lipinski definition) is 3.